The van der Waals surface area contributed by atoms with Crippen LogP contribution < -0.4 is 10.7 Å². The summed E-state index contributed by atoms with van der Waals surface area (Å²) in [5.74, 6) is -3.70. The molecular formula is C55H69N7O7. The van der Waals surface area contributed by atoms with Crippen LogP contribution in [0.2, 0.25) is 0 Å². The van der Waals surface area contributed by atoms with Gasteiger partial charge in [-0.2, -0.15) is 0 Å². The second-order valence-corrected chi connectivity index (χ2v) is 20.8. The summed E-state index contributed by atoms with van der Waals surface area (Å²) in [6, 6.07) is 16.9. The number of hydrogen-bond donors (Lipinski definition) is 3. The Morgan fingerprint density at radius 2 is 1.77 bits per heavy atom. The molecule has 0 unspecified atom stereocenters. The van der Waals surface area contributed by atoms with Gasteiger partial charge in [-0.3, -0.25) is 29.0 Å². The Labute approximate surface area is 406 Å². The second-order valence-electron chi connectivity index (χ2n) is 20.8. The first kappa shape index (κ1) is 49.2. The molecule has 6 bridgehead atoms. The maximum Gasteiger partial charge on any atom is 0.324 e. The number of hydrazine groups is 1. The van der Waals surface area contributed by atoms with Gasteiger partial charge in [0.25, 0.3) is 0 Å². The Hall–Kier alpha value is -6.25. The van der Waals surface area contributed by atoms with Crippen LogP contribution in [0.25, 0.3) is 33.3 Å². The number of rotatable bonds is 9. The summed E-state index contributed by atoms with van der Waals surface area (Å²) in [4.78, 5) is 74.7. The molecule has 0 radical (unpaired) electrons. The van der Waals surface area contributed by atoms with E-state index in [1.54, 1.807) is 24.1 Å². The van der Waals surface area contributed by atoms with E-state index in [1.807, 2.05) is 19.9 Å². The van der Waals surface area contributed by atoms with Gasteiger partial charge in [0.2, 0.25) is 23.6 Å². The van der Waals surface area contributed by atoms with E-state index in [0.29, 0.717) is 44.3 Å². The molecule has 1 aromatic heterocycles. The van der Waals surface area contributed by atoms with E-state index in [4.69, 9.17) is 4.74 Å². The number of amides is 4. The van der Waals surface area contributed by atoms with Crippen LogP contribution in [-0.4, -0.2) is 118 Å². The van der Waals surface area contributed by atoms with E-state index in [-0.39, 0.29) is 48.8 Å². The molecule has 4 aliphatic rings. The molecule has 366 valence electrons. The number of nitrogens with zero attached hydrogens (tertiary/aromatic N) is 5. The molecule has 4 atom stereocenters. The fraction of sp³-hybridized carbons (Fsp3) is 0.473. The van der Waals surface area contributed by atoms with Crippen molar-refractivity contribution >= 4 is 40.5 Å². The third-order valence-electron chi connectivity index (χ3n) is 14.6. The van der Waals surface area contributed by atoms with Crippen molar-refractivity contribution in [1.82, 2.24) is 35.0 Å². The number of aromatic nitrogens is 1. The molecule has 4 amide bonds. The summed E-state index contributed by atoms with van der Waals surface area (Å²) in [7, 11) is 3.75. The van der Waals surface area contributed by atoms with Gasteiger partial charge in [0.05, 0.1) is 24.1 Å². The van der Waals surface area contributed by atoms with Crippen LogP contribution in [0.5, 0.6) is 5.75 Å². The molecule has 4 aliphatic heterocycles. The van der Waals surface area contributed by atoms with Crippen molar-refractivity contribution in [2.45, 2.75) is 98.3 Å². The number of phenolic OH excluding ortho intramolecular Hbond substituents is 1. The van der Waals surface area contributed by atoms with E-state index in [9.17, 15) is 29.1 Å². The summed E-state index contributed by atoms with van der Waals surface area (Å²) in [6.07, 6.45) is 4.33. The molecule has 3 N–H and O–H groups in total. The number of likely N-dealkylation sites (tertiary alicyclic amines) is 1. The minimum Gasteiger partial charge on any atom is -0.508 e. The summed E-state index contributed by atoms with van der Waals surface area (Å²) < 4.78 is 8.53. The van der Waals surface area contributed by atoms with E-state index < -0.39 is 47.1 Å². The van der Waals surface area contributed by atoms with Gasteiger partial charge in [-0.25, -0.2) is 5.43 Å². The van der Waals surface area contributed by atoms with Gasteiger partial charge in [0.1, 0.15) is 17.8 Å². The van der Waals surface area contributed by atoms with Crippen molar-refractivity contribution < 1.29 is 33.8 Å². The maximum atomic E-state index is 14.8. The Bertz CT molecular complexity index is 2700. The van der Waals surface area contributed by atoms with Crippen LogP contribution in [0.4, 0.5) is 0 Å². The third kappa shape index (κ3) is 10.2. The Morgan fingerprint density at radius 1 is 1.00 bits per heavy atom. The monoisotopic (exact) mass is 940 g/mol. The van der Waals surface area contributed by atoms with Gasteiger partial charge in [-0.15, -0.1) is 0 Å². The molecule has 0 aliphatic carbocycles. The molecule has 5 heterocycles. The molecule has 0 spiro atoms. The van der Waals surface area contributed by atoms with Crippen molar-refractivity contribution in [2.24, 2.45) is 23.2 Å². The number of cyclic esters (lactones) is 1. The van der Waals surface area contributed by atoms with Crippen LogP contribution in [0.15, 0.2) is 79.5 Å². The molecular weight excluding hydrogens is 871 g/mol. The van der Waals surface area contributed by atoms with E-state index >= 15 is 0 Å². The zero-order chi connectivity index (χ0) is 49.5. The van der Waals surface area contributed by atoms with Gasteiger partial charge in [0.15, 0.2) is 0 Å². The standard InChI is InChI=1S/C55H69N7O7/c1-10-48(64)60-22-19-40(31-60)52(66)59(9)49(33(3)4)51(65)56-34(5)43-25-35-23-41(27-42(63)24-35)36-16-17-47-44(28-36)45(29-55(6,7)32-69-54(68)46-13-12-20-62(57-46)53(43)67)50(61(47)11-2)38-14-15-39-30-58(8)21-18-37(39)26-38/h10,14-17,23-24,26-28,33,40,43,46,49,57,63H,1,5,11-13,18-22,25,29-32H2,2-4,6-9H3,(H,56,65)/t40-,43+,46-,49-/m0/s1. The molecule has 69 heavy (non-hydrogen) atoms. The summed E-state index contributed by atoms with van der Waals surface area (Å²) >= 11 is 0. The number of esters is 1. The number of carbonyl (C=O) groups is 5. The van der Waals surface area contributed by atoms with Crippen molar-refractivity contribution in [1.29, 1.82) is 0 Å². The molecule has 2 saturated heterocycles. The Morgan fingerprint density at radius 3 is 2.51 bits per heavy atom. The first-order valence-electron chi connectivity index (χ1n) is 24.6. The summed E-state index contributed by atoms with van der Waals surface area (Å²) in [5, 5.41) is 16.8. The average molecular weight is 940 g/mol. The normalized spacial score (nSPS) is 21.3. The minimum atomic E-state index is -1.04. The highest BCUT2D eigenvalue weighted by molar-refractivity contribution is 5.96. The smallest absolute Gasteiger partial charge is 0.324 e. The number of aromatic hydroxyl groups is 1. The van der Waals surface area contributed by atoms with Crippen LogP contribution in [0, 0.1) is 23.2 Å². The van der Waals surface area contributed by atoms with Crippen LogP contribution in [0.3, 0.4) is 0 Å². The first-order valence-corrected chi connectivity index (χ1v) is 24.6. The fourth-order valence-electron chi connectivity index (χ4n) is 11.0. The van der Waals surface area contributed by atoms with Crippen molar-refractivity contribution in [3.63, 3.8) is 0 Å². The number of likely N-dealkylation sites (N-methyl/N-ethyl adjacent to an activating group) is 2. The predicted molar refractivity (Wildman–Crippen MR) is 267 cm³/mol. The van der Waals surface area contributed by atoms with Crippen molar-refractivity contribution in [2.75, 3.05) is 46.9 Å². The number of nitrogens with one attached hydrogen (secondary N) is 2. The molecule has 14 nitrogen and oxygen atoms in total. The Balaban J connectivity index is 1.17. The fourth-order valence-corrected chi connectivity index (χ4v) is 11.0. The minimum absolute atomic E-state index is 0.0184. The average Bonchev–Trinajstić information content (AvgIpc) is 3.94. The SMILES string of the molecule is C=CC(=O)N1CC[C@H](C(=O)N(C)[C@H](C(=O)NC(=C)[C@H]2Cc3cc(O)cc(c3)-c3ccc4c(c3)c(c(-c3ccc5c(c3)CCN(C)C5)n4CC)CC(C)(C)COC(=O)[C@@H]3CCCN(N3)C2=O)C(C)C)C1. The summed E-state index contributed by atoms with van der Waals surface area (Å²) in [5.41, 5.74) is 12.3. The highest BCUT2D eigenvalue weighted by Gasteiger charge is 2.40. The number of hydrogen-bond acceptors (Lipinski definition) is 9. The lowest BCUT2D eigenvalue weighted by Gasteiger charge is -2.36. The lowest BCUT2D eigenvalue weighted by Crippen LogP contribution is -2.58. The lowest BCUT2D eigenvalue weighted by atomic mass is 9.84. The van der Waals surface area contributed by atoms with Gasteiger partial charge in [0, 0.05) is 68.3 Å². The van der Waals surface area contributed by atoms with Crippen LogP contribution in [-0.2, 0) is 61.1 Å². The van der Waals surface area contributed by atoms with Crippen molar-refractivity contribution in [3.05, 3.63) is 102 Å². The van der Waals surface area contributed by atoms with E-state index in [2.05, 4.69) is 97.6 Å². The van der Waals surface area contributed by atoms with Gasteiger partial charge in [-0.1, -0.05) is 65.1 Å². The third-order valence-corrected chi connectivity index (χ3v) is 14.6. The lowest BCUT2D eigenvalue weighted by molar-refractivity contribution is -0.155. The van der Waals surface area contributed by atoms with Gasteiger partial charge < -0.3 is 34.4 Å². The molecule has 14 heteroatoms. The highest BCUT2D eigenvalue weighted by atomic mass is 16.5. The second kappa shape index (κ2) is 20.0. The molecule has 0 saturated carbocycles. The zero-order valence-corrected chi connectivity index (χ0v) is 41.4. The number of carbonyl (C=O) groups excluding carboxylic acids is 5. The van der Waals surface area contributed by atoms with E-state index in [0.717, 1.165) is 64.9 Å². The molecule has 4 aromatic rings. The number of phenols is 1. The number of aryl methyl sites for hydroxylation is 1. The van der Waals surface area contributed by atoms with E-state index in [1.165, 1.54) is 27.1 Å². The molecule has 2 fully saturated rings. The van der Waals surface area contributed by atoms with Gasteiger partial charge in [-0.05, 0) is 134 Å². The number of benzene rings is 3. The summed E-state index contributed by atoms with van der Waals surface area (Å²) in [6.45, 7) is 21.7. The van der Waals surface area contributed by atoms with Crippen LogP contribution in [0.1, 0.15) is 76.1 Å². The van der Waals surface area contributed by atoms with Gasteiger partial charge >= 0.3 is 5.97 Å². The maximum absolute atomic E-state index is 14.8. The molecule has 8 rings (SSSR count). The zero-order valence-electron chi connectivity index (χ0n) is 41.4. The van der Waals surface area contributed by atoms with Crippen molar-refractivity contribution in [3.8, 4) is 28.1 Å². The Kier molecular flexibility index (Phi) is 14.3. The molecule has 3 aromatic carbocycles. The number of fused-ring (bicyclic) bond motifs is 7. The predicted octanol–water partition coefficient (Wildman–Crippen LogP) is 6.62. The quantitative estimate of drug-likeness (QED) is 0.124. The topological polar surface area (TPSA) is 157 Å². The van der Waals surface area contributed by atoms with Crippen LogP contribution >= 0.6 is 0 Å². The number of ether oxygens (including phenoxy) is 1. The first-order chi connectivity index (χ1) is 32.9. The highest BCUT2D eigenvalue weighted by Crippen LogP contribution is 2.41. The largest absolute Gasteiger partial charge is 0.508 e.